The van der Waals surface area contributed by atoms with Gasteiger partial charge in [-0.1, -0.05) is 84.9 Å². The van der Waals surface area contributed by atoms with Crippen molar-refractivity contribution in [1.29, 1.82) is 0 Å². The van der Waals surface area contributed by atoms with E-state index < -0.39 is 6.10 Å². The van der Waals surface area contributed by atoms with Crippen LogP contribution in [0.1, 0.15) is 45.6 Å². The third kappa shape index (κ3) is 5.81. The topological polar surface area (TPSA) is 67.4 Å². The fraction of sp³-hybridized carbons (Fsp3) is 0.161. The number of anilines is 1. The second-order valence-corrected chi connectivity index (χ2v) is 8.72. The van der Waals surface area contributed by atoms with Crippen LogP contribution in [-0.2, 0) is 4.79 Å². The lowest BCUT2D eigenvalue weighted by molar-refractivity contribution is -0.127. The first-order valence-electron chi connectivity index (χ1n) is 12.0. The summed E-state index contributed by atoms with van der Waals surface area (Å²) in [5.74, 6) is -0.227. The Bertz CT molecular complexity index is 1300. The average Bonchev–Trinajstić information content (AvgIpc) is 2.91. The summed E-state index contributed by atoms with van der Waals surface area (Å²) in [6.07, 6.45) is -0.824. The predicted octanol–water partition coefficient (Wildman–Crippen LogP) is 6.23. The van der Waals surface area contributed by atoms with E-state index in [1.54, 1.807) is 31.2 Å². The molecule has 0 fully saturated rings. The number of carbonyl (C=O) groups excluding carboxylic acids is 2. The number of aryl methyl sites for hydroxylation is 1. The lowest BCUT2D eigenvalue weighted by Crippen LogP contribution is -2.39. The van der Waals surface area contributed by atoms with Gasteiger partial charge < -0.3 is 15.4 Å². The molecule has 4 aromatic rings. The van der Waals surface area contributed by atoms with Gasteiger partial charge in [-0.05, 0) is 61.2 Å². The van der Waals surface area contributed by atoms with Crippen molar-refractivity contribution in [3.63, 3.8) is 0 Å². The summed E-state index contributed by atoms with van der Waals surface area (Å²) in [4.78, 5) is 26.3. The monoisotopic (exact) mass is 478 g/mol. The zero-order valence-electron chi connectivity index (χ0n) is 20.7. The van der Waals surface area contributed by atoms with Gasteiger partial charge in [0.25, 0.3) is 11.8 Å². The number of para-hydroxylation sites is 1. The number of hydrogen-bond donors (Lipinski definition) is 2. The number of rotatable bonds is 8. The molecule has 0 aliphatic carbocycles. The molecule has 0 aromatic heterocycles. The van der Waals surface area contributed by atoms with E-state index in [2.05, 4.69) is 10.6 Å². The largest absolute Gasteiger partial charge is 0.480 e. The molecule has 0 saturated heterocycles. The Morgan fingerprint density at radius 3 is 1.94 bits per heavy atom. The van der Waals surface area contributed by atoms with E-state index in [9.17, 15) is 9.59 Å². The van der Waals surface area contributed by atoms with Crippen molar-refractivity contribution in [3.8, 4) is 5.75 Å². The van der Waals surface area contributed by atoms with Crippen LogP contribution >= 0.6 is 0 Å². The van der Waals surface area contributed by atoms with Crippen LogP contribution in [0, 0.1) is 13.8 Å². The zero-order chi connectivity index (χ0) is 25.5. The molecule has 0 spiro atoms. The number of carbonyl (C=O) groups is 2. The van der Waals surface area contributed by atoms with Gasteiger partial charge in [-0.15, -0.1) is 0 Å². The van der Waals surface area contributed by atoms with Crippen molar-refractivity contribution in [1.82, 2.24) is 5.32 Å². The maximum atomic E-state index is 13.2. The standard InChI is InChI=1S/C31H30N2O3/c1-21-13-12-19-27(22(21)2)32-31(35)26-18-10-11-20-28(26)36-23(3)30(34)33-29(24-14-6-4-7-15-24)25-16-8-5-9-17-25/h4-20,23,29H,1-3H3,(H,32,35)(H,33,34)/t23-/m0/s1. The second kappa shape index (κ2) is 11.4. The van der Waals surface area contributed by atoms with Crippen LogP contribution in [0.5, 0.6) is 5.75 Å². The molecule has 0 heterocycles. The molecule has 36 heavy (non-hydrogen) atoms. The number of nitrogens with one attached hydrogen (secondary N) is 2. The summed E-state index contributed by atoms with van der Waals surface area (Å²) < 4.78 is 6.02. The van der Waals surface area contributed by atoms with Crippen molar-refractivity contribution in [2.75, 3.05) is 5.32 Å². The third-order valence-corrected chi connectivity index (χ3v) is 6.21. The third-order valence-electron chi connectivity index (χ3n) is 6.21. The molecular formula is C31H30N2O3. The van der Waals surface area contributed by atoms with Crippen molar-refractivity contribution >= 4 is 17.5 Å². The van der Waals surface area contributed by atoms with Gasteiger partial charge in [-0.2, -0.15) is 0 Å². The van der Waals surface area contributed by atoms with Gasteiger partial charge in [0.2, 0.25) is 0 Å². The van der Waals surface area contributed by atoms with Crippen LogP contribution in [0.25, 0.3) is 0 Å². The van der Waals surface area contributed by atoms with E-state index in [4.69, 9.17) is 4.74 Å². The highest BCUT2D eigenvalue weighted by Crippen LogP contribution is 2.25. The maximum absolute atomic E-state index is 13.2. The lowest BCUT2D eigenvalue weighted by Gasteiger charge is -2.23. The minimum Gasteiger partial charge on any atom is -0.480 e. The van der Waals surface area contributed by atoms with Crippen molar-refractivity contribution < 1.29 is 14.3 Å². The molecule has 1 atom stereocenters. The van der Waals surface area contributed by atoms with E-state index in [-0.39, 0.29) is 17.9 Å². The van der Waals surface area contributed by atoms with Crippen molar-refractivity contribution in [2.45, 2.75) is 32.9 Å². The highest BCUT2D eigenvalue weighted by molar-refractivity contribution is 6.06. The Morgan fingerprint density at radius 1 is 0.722 bits per heavy atom. The van der Waals surface area contributed by atoms with Crippen LogP contribution in [0.3, 0.4) is 0 Å². The molecule has 0 aliphatic heterocycles. The molecule has 0 aliphatic rings. The van der Waals surface area contributed by atoms with E-state index in [0.717, 1.165) is 27.9 Å². The average molecular weight is 479 g/mol. The van der Waals surface area contributed by atoms with Crippen LogP contribution < -0.4 is 15.4 Å². The molecule has 2 N–H and O–H groups in total. The Labute approximate surface area is 212 Å². The van der Waals surface area contributed by atoms with Crippen molar-refractivity contribution in [3.05, 3.63) is 131 Å². The second-order valence-electron chi connectivity index (χ2n) is 8.72. The molecule has 0 saturated carbocycles. The molecule has 4 rings (SSSR count). The fourth-order valence-electron chi connectivity index (χ4n) is 3.99. The summed E-state index contributed by atoms with van der Waals surface area (Å²) >= 11 is 0. The highest BCUT2D eigenvalue weighted by Gasteiger charge is 2.23. The first-order valence-corrected chi connectivity index (χ1v) is 12.0. The van der Waals surface area contributed by atoms with Gasteiger partial charge >= 0.3 is 0 Å². The fourth-order valence-corrected chi connectivity index (χ4v) is 3.99. The highest BCUT2D eigenvalue weighted by atomic mass is 16.5. The van der Waals surface area contributed by atoms with Gasteiger partial charge in [0.05, 0.1) is 11.6 Å². The van der Waals surface area contributed by atoms with E-state index in [1.807, 2.05) is 92.7 Å². The Balaban J connectivity index is 1.51. The molecular weight excluding hydrogens is 448 g/mol. The summed E-state index contributed by atoms with van der Waals surface area (Å²) in [5, 5.41) is 6.07. The van der Waals surface area contributed by atoms with E-state index in [0.29, 0.717) is 11.3 Å². The minimum absolute atomic E-state index is 0.280. The molecule has 4 aromatic carbocycles. The van der Waals surface area contributed by atoms with Gasteiger partial charge in [0.15, 0.2) is 6.10 Å². The van der Waals surface area contributed by atoms with Crippen LogP contribution in [0.4, 0.5) is 5.69 Å². The number of hydrogen-bond acceptors (Lipinski definition) is 3. The number of amides is 2. The summed E-state index contributed by atoms with van der Waals surface area (Å²) in [5.41, 5.74) is 5.14. The van der Waals surface area contributed by atoms with E-state index in [1.165, 1.54) is 0 Å². The molecule has 5 heteroatoms. The van der Waals surface area contributed by atoms with Gasteiger partial charge in [0, 0.05) is 5.69 Å². The zero-order valence-corrected chi connectivity index (χ0v) is 20.7. The molecule has 182 valence electrons. The SMILES string of the molecule is Cc1cccc(NC(=O)c2ccccc2O[C@@H](C)C(=O)NC(c2ccccc2)c2ccccc2)c1C. The van der Waals surface area contributed by atoms with Crippen LogP contribution in [0.2, 0.25) is 0 Å². The van der Waals surface area contributed by atoms with Crippen LogP contribution in [-0.4, -0.2) is 17.9 Å². The number of benzene rings is 4. The van der Waals surface area contributed by atoms with Gasteiger partial charge in [-0.3, -0.25) is 9.59 Å². The molecule has 0 bridgehead atoms. The first-order chi connectivity index (χ1) is 17.4. The summed E-state index contributed by atoms with van der Waals surface area (Å²) in [6.45, 7) is 5.65. The Kier molecular flexibility index (Phi) is 7.81. The summed E-state index contributed by atoms with van der Waals surface area (Å²) in [6, 6.07) is 32.0. The molecule has 5 nitrogen and oxygen atoms in total. The van der Waals surface area contributed by atoms with Gasteiger partial charge in [-0.25, -0.2) is 0 Å². The number of ether oxygens (including phenoxy) is 1. The Hall–Kier alpha value is -4.38. The maximum Gasteiger partial charge on any atom is 0.261 e. The summed E-state index contributed by atoms with van der Waals surface area (Å²) in [7, 11) is 0. The quantitative estimate of drug-likeness (QED) is 0.316. The van der Waals surface area contributed by atoms with Gasteiger partial charge in [0.1, 0.15) is 5.75 Å². The van der Waals surface area contributed by atoms with E-state index >= 15 is 0 Å². The molecule has 2 amide bonds. The smallest absolute Gasteiger partial charge is 0.261 e. The molecule has 0 radical (unpaired) electrons. The predicted molar refractivity (Wildman–Crippen MR) is 143 cm³/mol. The first kappa shape index (κ1) is 24.7. The minimum atomic E-state index is -0.824. The lowest BCUT2D eigenvalue weighted by atomic mass is 9.98. The van der Waals surface area contributed by atoms with Crippen LogP contribution in [0.15, 0.2) is 103 Å². The Morgan fingerprint density at radius 2 is 1.31 bits per heavy atom. The normalized spacial score (nSPS) is 11.6. The van der Waals surface area contributed by atoms with Crippen molar-refractivity contribution in [2.24, 2.45) is 0 Å². The molecule has 0 unspecified atom stereocenters.